The van der Waals surface area contributed by atoms with Crippen molar-refractivity contribution in [3.05, 3.63) is 53.8 Å². The molecular formula is C18H17FO5. The number of hydrogen-bond acceptors (Lipinski definition) is 5. The molecule has 2 aromatic carbocycles. The Kier molecular flexibility index (Phi) is 4.84. The van der Waals surface area contributed by atoms with E-state index in [0.29, 0.717) is 17.2 Å². The van der Waals surface area contributed by atoms with E-state index in [1.165, 1.54) is 12.1 Å². The quantitative estimate of drug-likeness (QED) is 0.761. The molecule has 1 unspecified atom stereocenters. The largest absolute Gasteiger partial charge is 0.490 e. The molecule has 0 aromatic heterocycles. The van der Waals surface area contributed by atoms with E-state index in [0.717, 1.165) is 5.56 Å². The number of carbonyl (C=O) groups excluding carboxylic acids is 1. The first kappa shape index (κ1) is 16.1. The molecule has 1 aliphatic heterocycles. The van der Waals surface area contributed by atoms with Crippen molar-refractivity contribution in [1.29, 1.82) is 0 Å². The third kappa shape index (κ3) is 4.16. The molecule has 1 aliphatic rings. The van der Waals surface area contributed by atoms with Crippen LogP contribution in [-0.2, 0) is 16.0 Å². The number of halogens is 1. The van der Waals surface area contributed by atoms with Gasteiger partial charge >= 0.3 is 5.97 Å². The van der Waals surface area contributed by atoms with Crippen LogP contribution in [0.1, 0.15) is 12.5 Å². The van der Waals surface area contributed by atoms with Gasteiger partial charge in [0.1, 0.15) is 24.3 Å². The Labute approximate surface area is 138 Å². The van der Waals surface area contributed by atoms with Crippen molar-refractivity contribution in [1.82, 2.24) is 0 Å². The van der Waals surface area contributed by atoms with E-state index in [9.17, 15) is 9.18 Å². The molecule has 5 nitrogen and oxygen atoms in total. The van der Waals surface area contributed by atoms with Crippen molar-refractivity contribution in [2.45, 2.75) is 19.4 Å². The Bertz CT molecular complexity index is 731. The van der Waals surface area contributed by atoms with Gasteiger partial charge in [-0.05, 0) is 36.8 Å². The highest BCUT2D eigenvalue weighted by Crippen LogP contribution is 2.32. The summed E-state index contributed by atoms with van der Waals surface area (Å²) in [5.74, 6) is 0.949. The Morgan fingerprint density at radius 2 is 2.04 bits per heavy atom. The van der Waals surface area contributed by atoms with Crippen molar-refractivity contribution in [3.63, 3.8) is 0 Å². The SMILES string of the molecule is CC(COc1cccc(F)c1)OC(=O)Cc1ccc2c(c1)OCO2. The Balaban J connectivity index is 1.47. The lowest BCUT2D eigenvalue weighted by molar-refractivity contribution is -0.148. The van der Waals surface area contributed by atoms with Crippen molar-refractivity contribution >= 4 is 5.97 Å². The van der Waals surface area contributed by atoms with Crippen LogP contribution in [0.3, 0.4) is 0 Å². The summed E-state index contributed by atoms with van der Waals surface area (Å²) in [6, 6.07) is 11.1. The van der Waals surface area contributed by atoms with Crippen LogP contribution in [0.2, 0.25) is 0 Å². The third-order valence-electron chi connectivity index (χ3n) is 3.40. The van der Waals surface area contributed by atoms with Crippen LogP contribution in [-0.4, -0.2) is 25.5 Å². The minimum atomic E-state index is -0.449. The Hall–Kier alpha value is -2.76. The fraction of sp³-hybridized carbons (Fsp3) is 0.278. The molecular weight excluding hydrogens is 315 g/mol. The zero-order valence-electron chi connectivity index (χ0n) is 13.2. The Morgan fingerprint density at radius 3 is 2.88 bits per heavy atom. The molecule has 0 spiro atoms. The van der Waals surface area contributed by atoms with E-state index < -0.39 is 6.10 Å². The van der Waals surface area contributed by atoms with E-state index in [-0.39, 0.29) is 31.6 Å². The lowest BCUT2D eigenvalue weighted by atomic mass is 10.1. The summed E-state index contributed by atoms with van der Waals surface area (Å²) >= 11 is 0. The molecule has 3 rings (SSSR count). The predicted octanol–water partition coefficient (Wildman–Crippen LogP) is 3.11. The molecule has 24 heavy (non-hydrogen) atoms. The van der Waals surface area contributed by atoms with Gasteiger partial charge in [0.25, 0.3) is 0 Å². The lowest BCUT2D eigenvalue weighted by Gasteiger charge is -2.14. The fourth-order valence-electron chi connectivity index (χ4n) is 2.29. The maximum atomic E-state index is 13.1. The molecule has 1 atom stereocenters. The molecule has 0 fully saturated rings. The van der Waals surface area contributed by atoms with Crippen LogP contribution >= 0.6 is 0 Å². The van der Waals surface area contributed by atoms with Crippen LogP contribution in [0.25, 0.3) is 0 Å². The average molecular weight is 332 g/mol. The van der Waals surface area contributed by atoms with Gasteiger partial charge in [-0.2, -0.15) is 0 Å². The molecule has 1 heterocycles. The van der Waals surface area contributed by atoms with Crippen molar-refractivity contribution in [2.75, 3.05) is 13.4 Å². The van der Waals surface area contributed by atoms with Gasteiger partial charge in [-0.25, -0.2) is 4.39 Å². The molecule has 0 saturated heterocycles. The van der Waals surface area contributed by atoms with Gasteiger partial charge in [0.15, 0.2) is 11.5 Å². The molecule has 0 radical (unpaired) electrons. The molecule has 0 amide bonds. The molecule has 0 saturated carbocycles. The molecule has 0 bridgehead atoms. The first-order valence-electron chi connectivity index (χ1n) is 7.56. The number of carbonyl (C=O) groups is 1. The molecule has 0 N–H and O–H groups in total. The minimum absolute atomic E-state index is 0.126. The monoisotopic (exact) mass is 332 g/mol. The Morgan fingerprint density at radius 1 is 1.21 bits per heavy atom. The van der Waals surface area contributed by atoms with E-state index in [1.807, 2.05) is 0 Å². The summed E-state index contributed by atoms with van der Waals surface area (Å²) in [6.45, 7) is 2.06. The van der Waals surface area contributed by atoms with E-state index in [1.54, 1.807) is 37.3 Å². The van der Waals surface area contributed by atoms with Crippen LogP contribution in [0.15, 0.2) is 42.5 Å². The fourth-order valence-corrected chi connectivity index (χ4v) is 2.29. The second-order valence-electron chi connectivity index (χ2n) is 5.43. The number of esters is 1. The molecule has 0 aliphatic carbocycles. The maximum Gasteiger partial charge on any atom is 0.310 e. The van der Waals surface area contributed by atoms with Crippen molar-refractivity contribution in [3.8, 4) is 17.2 Å². The zero-order valence-corrected chi connectivity index (χ0v) is 13.2. The zero-order chi connectivity index (χ0) is 16.9. The topological polar surface area (TPSA) is 54.0 Å². The summed E-state index contributed by atoms with van der Waals surface area (Å²) in [6.07, 6.45) is -0.323. The summed E-state index contributed by atoms with van der Waals surface area (Å²) in [7, 11) is 0. The highest BCUT2D eigenvalue weighted by molar-refractivity contribution is 5.73. The number of benzene rings is 2. The summed E-state index contributed by atoms with van der Waals surface area (Å²) in [5.41, 5.74) is 0.780. The number of fused-ring (bicyclic) bond motifs is 1. The maximum absolute atomic E-state index is 13.1. The standard InChI is InChI=1S/C18H17FO5/c1-12(10-21-15-4-2-3-14(19)9-15)24-18(20)8-13-5-6-16-17(7-13)23-11-22-16/h2-7,9,12H,8,10-11H2,1H3. The van der Waals surface area contributed by atoms with E-state index >= 15 is 0 Å². The van der Waals surface area contributed by atoms with Gasteiger partial charge in [0.05, 0.1) is 6.42 Å². The first-order valence-corrected chi connectivity index (χ1v) is 7.56. The van der Waals surface area contributed by atoms with Gasteiger partial charge in [0.2, 0.25) is 6.79 Å². The van der Waals surface area contributed by atoms with E-state index in [4.69, 9.17) is 18.9 Å². The molecule has 126 valence electrons. The van der Waals surface area contributed by atoms with Crippen molar-refractivity contribution < 1.29 is 28.1 Å². The summed E-state index contributed by atoms with van der Waals surface area (Å²) < 4.78 is 34.3. The summed E-state index contributed by atoms with van der Waals surface area (Å²) in [4.78, 5) is 12.0. The van der Waals surface area contributed by atoms with Gasteiger partial charge in [-0.3, -0.25) is 4.79 Å². The number of ether oxygens (including phenoxy) is 4. The smallest absolute Gasteiger partial charge is 0.310 e. The highest BCUT2D eigenvalue weighted by atomic mass is 19.1. The van der Waals surface area contributed by atoms with Crippen molar-refractivity contribution in [2.24, 2.45) is 0 Å². The number of hydrogen-bond donors (Lipinski definition) is 0. The third-order valence-corrected chi connectivity index (χ3v) is 3.40. The second kappa shape index (κ2) is 7.21. The van der Waals surface area contributed by atoms with Crippen LogP contribution in [0.5, 0.6) is 17.2 Å². The van der Waals surface area contributed by atoms with Gasteiger partial charge in [-0.15, -0.1) is 0 Å². The van der Waals surface area contributed by atoms with Crippen LogP contribution in [0.4, 0.5) is 4.39 Å². The lowest BCUT2D eigenvalue weighted by Crippen LogP contribution is -2.23. The first-order chi connectivity index (χ1) is 11.6. The summed E-state index contributed by atoms with van der Waals surface area (Å²) in [5, 5.41) is 0. The molecule has 2 aromatic rings. The second-order valence-corrected chi connectivity index (χ2v) is 5.43. The minimum Gasteiger partial charge on any atom is -0.490 e. The van der Waals surface area contributed by atoms with Gasteiger partial charge in [-0.1, -0.05) is 12.1 Å². The average Bonchev–Trinajstić information content (AvgIpc) is 3.00. The molecule has 6 heteroatoms. The van der Waals surface area contributed by atoms with Gasteiger partial charge < -0.3 is 18.9 Å². The van der Waals surface area contributed by atoms with Gasteiger partial charge in [0, 0.05) is 6.07 Å². The predicted molar refractivity (Wildman–Crippen MR) is 83.7 cm³/mol. The van der Waals surface area contributed by atoms with Crippen LogP contribution < -0.4 is 14.2 Å². The number of rotatable bonds is 6. The normalized spacial score (nSPS) is 13.4. The highest BCUT2D eigenvalue weighted by Gasteiger charge is 2.16. The van der Waals surface area contributed by atoms with Crippen LogP contribution in [0, 0.1) is 5.82 Å². The van der Waals surface area contributed by atoms with E-state index in [2.05, 4.69) is 0 Å².